The largest absolute Gasteiger partial charge is 0.508 e. The highest BCUT2D eigenvalue weighted by Gasteiger charge is 2.08. The van der Waals surface area contributed by atoms with Gasteiger partial charge in [0, 0.05) is 6.54 Å². The minimum absolute atomic E-state index is 0. The maximum Gasteiger partial charge on any atom is 0.271 e. The fourth-order valence-electron chi connectivity index (χ4n) is 1.87. The number of aliphatic imine (C=N–C) groups is 1. The molecule has 0 spiro atoms. The van der Waals surface area contributed by atoms with Crippen LogP contribution in [0.1, 0.15) is 28.9 Å². The van der Waals surface area contributed by atoms with Gasteiger partial charge in [0.1, 0.15) is 10.9 Å². The fraction of sp³-hybridized carbons (Fsp3) is 0.250. The van der Waals surface area contributed by atoms with Crippen LogP contribution in [0.3, 0.4) is 0 Å². The summed E-state index contributed by atoms with van der Waals surface area (Å²) < 4.78 is 0. The van der Waals surface area contributed by atoms with Crippen LogP contribution in [0.2, 0.25) is 5.15 Å². The number of aromatic hydroxyl groups is 1. The van der Waals surface area contributed by atoms with Crippen LogP contribution in [0, 0.1) is 0 Å². The Morgan fingerprint density at radius 1 is 1.15 bits per heavy atom. The molecule has 0 aliphatic rings. The number of hydrogen-bond acceptors (Lipinski definition) is 6. The molecule has 0 unspecified atom stereocenters. The van der Waals surface area contributed by atoms with Crippen molar-refractivity contribution in [2.45, 2.75) is 19.3 Å². The highest BCUT2D eigenvalue weighted by molar-refractivity contribution is 6.29. The Morgan fingerprint density at radius 2 is 1.78 bits per heavy atom. The number of primary amides is 1. The van der Waals surface area contributed by atoms with Gasteiger partial charge in [-0.25, -0.2) is 9.97 Å². The van der Waals surface area contributed by atoms with Crippen molar-refractivity contribution < 1.29 is 9.90 Å². The van der Waals surface area contributed by atoms with Gasteiger partial charge >= 0.3 is 0 Å². The second-order valence-corrected chi connectivity index (χ2v) is 5.61. The lowest BCUT2D eigenvalue weighted by Gasteiger charge is -2.00. The summed E-state index contributed by atoms with van der Waals surface area (Å²) in [6.45, 7) is 0.681. The SMILES string of the molecule is Cl.NC(=O)c1nc(Cl)cnc1N.NC(N)=NCCCCc1ccc(O)cc1. The first-order chi connectivity index (χ1) is 12.3. The third-order valence-corrected chi connectivity index (χ3v) is 3.29. The number of anilines is 1. The number of benzene rings is 1. The zero-order valence-corrected chi connectivity index (χ0v) is 16.1. The predicted octanol–water partition coefficient (Wildman–Crippen LogP) is 1.22. The summed E-state index contributed by atoms with van der Waals surface area (Å²) in [7, 11) is 0. The number of amides is 1. The molecule has 0 bridgehead atoms. The van der Waals surface area contributed by atoms with Crippen molar-refractivity contribution >= 4 is 41.7 Å². The maximum atomic E-state index is 10.6. The van der Waals surface area contributed by atoms with Crippen LogP contribution in [0.25, 0.3) is 0 Å². The van der Waals surface area contributed by atoms with Gasteiger partial charge in [0.05, 0.1) is 6.20 Å². The molecule has 0 radical (unpaired) electrons. The van der Waals surface area contributed by atoms with Gasteiger partial charge in [-0.05, 0) is 37.0 Å². The number of carbonyl (C=O) groups excluding carboxylic acids is 1. The molecular formula is C16H23Cl2N7O2. The van der Waals surface area contributed by atoms with E-state index in [1.165, 1.54) is 11.8 Å². The number of nitrogens with two attached hydrogens (primary N) is 4. The third-order valence-electron chi connectivity index (χ3n) is 3.11. The number of phenolic OH excluding ortho intramolecular Hbond substituents is 1. The van der Waals surface area contributed by atoms with Gasteiger partial charge in [0.15, 0.2) is 17.5 Å². The maximum absolute atomic E-state index is 10.6. The molecule has 0 atom stereocenters. The quantitative estimate of drug-likeness (QED) is 0.267. The zero-order chi connectivity index (χ0) is 19.5. The Bertz CT molecular complexity index is 751. The number of halogens is 2. The molecule has 2 aromatic rings. The molecule has 2 rings (SSSR count). The van der Waals surface area contributed by atoms with Gasteiger partial charge in [0.2, 0.25) is 0 Å². The lowest BCUT2D eigenvalue weighted by Crippen LogP contribution is -2.22. The molecule has 0 fully saturated rings. The molecule has 1 heterocycles. The van der Waals surface area contributed by atoms with Crippen LogP contribution < -0.4 is 22.9 Å². The molecule has 0 aliphatic carbocycles. The van der Waals surface area contributed by atoms with E-state index in [1.807, 2.05) is 12.1 Å². The molecule has 0 aliphatic heterocycles. The van der Waals surface area contributed by atoms with E-state index in [4.69, 9.17) is 39.6 Å². The van der Waals surface area contributed by atoms with Crippen molar-refractivity contribution in [1.82, 2.24) is 9.97 Å². The highest BCUT2D eigenvalue weighted by Crippen LogP contribution is 2.11. The zero-order valence-electron chi connectivity index (χ0n) is 14.5. The smallest absolute Gasteiger partial charge is 0.271 e. The van der Waals surface area contributed by atoms with Gasteiger partial charge in [-0.1, -0.05) is 23.7 Å². The van der Waals surface area contributed by atoms with E-state index in [9.17, 15) is 4.79 Å². The molecule has 1 aromatic heterocycles. The molecule has 1 aromatic carbocycles. The lowest BCUT2D eigenvalue weighted by atomic mass is 10.1. The molecule has 11 heteroatoms. The van der Waals surface area contributed by atoms with Crippen LogP contribution >= 0.6 is 24.0 Å². The minimum atomic E-state index is -0.738. The Morgan fingerprint density at radius 3 is 2.30 bits per heavy atom. The summed E-state index contributed by atoms with van der Waals surface area (Å²) >= 11 is 5.42. The average molecular weight is 416 g/mol. The first-order valence-electron chi connectivity index (χ1n) is 7.70. The molecule has 1 amide bonds. The highest BCUT2D eigenvalue weighted by atomic mass is 35.5. The summed E-state index contributed by atoms with van der Waals surface area (Å²) in [6, 6.07) is 7.25. The predicted molar refractivity (Wildman–Crippen MR) is 109 cm³/mol. The monoisotopic (exact) mass is 415 g/mol. The number of aryl methyl sites for hydroxylation is 1. The van der Waals surface area contributed by atoms with Crippen molar-refractivity contribution in [3.63, 3.8) is 0 Å². The Hall–Kier alpha value is -2.78. The summed E-state index contributed by atoms with van der Waals surface area (Å²) in [6.07, 6.45) is 4.24. The topological polar surface area (TPSA) is 180 Å². The average Bonchev–Trinajstić information content (AvgIpc) is 2.58. The van der Waals surface area contributed by atoms with Crippen molar-refractivity contribution in [1.29, 1.82) is 0 Å². The first-order valence-corrected chi connectivity index (χ1v) is 8.08. The van der Waals surface area contributed by atoms with E-state index in [1.54, 1.807) is 12.1 Å². The van der Waals surface area contributed by atoms with E-state index >= 15 is 0 Å². The van der Waals surface area contributed by atoms with Crippen LogP contribution in [0.15, 0.2) is 35.5 Å². The second-order valence-electron chi connectivity index (χ2n) is 5.22. The number of unbranched alkanes of at least 4 members (excludes halogenated alkanes) is 1. The number of aromatic nitrogens is 2. The number of nitrogens with zero attached hydrogens (tertiary/aromatic N) is 3. The molecule has 9 N–H and O–H groups in total. The Balaban J connectivity index is 0.000000504. The Labute approximate surface area is 168 Å². The van der Waals surface area contributed by atoms with Crippen LogP contribution in [0.4, 0.5) is 5.82 Å². The second kappa shape index (κ2) is 12.6. The number of rotatable bonds is 6. The van der Waals surface area contributed by atoms with Gasteiger partial charge in [-0.3, -0.25) is 9.79 Å². The molecule has 0 saturated heterocycles. The summed E-state index contributed by atoms with van der Waals surface area (Å²) in [4.78, 5) is 21.6. The van der Waals surface area contributed by atoms with E-state index in [0.29, 0.717) is 12.3 Å². The summed E-state index contributed by atoms with van der Waals surface area (Å²) in [5.74, 6) is -0.293. The van der Waals surface area contributed by atoms with Crippen LogP contribution in [-0.4, -0.2) is 33.5 Å². The van der Waals surface area contributed by atoms with Crippen LogP contribution in [0.5, 0.6) is 5.75 Å². The van der Waals surface area contributed by atoms with E-state index < -0.39 is 5.91 Å². The lowest BCUT2D eigenvalue weighted by molar-refractivity contribution is 0.0996. The van der Waals surface area contributed by atoms with Crippen LogP contribution in [-0.2, 0) is 6.42 Å². The number of hydrogen-bond donors (Lipinski definition) is 5. The molecule has 0 saturated carbocycles. The minimum Gasteiger partial charge on any atom is -0.508 e. The van der Waals surface area contributed by atoms with Gasteiger partial charge in [-0.2, -0.15) is 0 Å². The van der Waals surface area contributed by atoms with Crippen molar-refractivity contribution in [3.8, 4) is 5.75 Å². The first kappa shape index (κ1) is 24.2. The molecule has 27 heavy (non-hydrogen) atoms. The fourth-order valence-corrected chi connectivity index (χ4v) is 2.00. The van der Waals surface area contributed by atoms with E-state index in [2.05, 4.69) is 15.0 Å². The van der Waals surface area contributed by atoms with Gasteiger partial charge in [-0.15, -0.1) is 12.4 Å². The Kier molecular flexibility index (Phi) is 11.3. The van der Waals surface area contributed by atoms with Crippen molar-refractivity contribution in [2.24, 2.45) is 22.2 Å². The van der Waals surface area contributed by atoms with Crippen molar-refractivity contribution in [2.75, 3.05) is 12.3 Å². The standard InChI is InChI=1S/C11H17N3O.C5H5ClN4O.ClH/c12-11(13)14-8-2-1-3-9-4-6-10(15)7-5-9;6-2-1-9-4(7)3(10-2)5(8)11;/h4-7,15H,1-3,8H2,(H4,12,13,14);1H,(H2,7,9)(H2,8,11);1H. The summed E-state index contributed by atoms with van der Waals surface area (Å²) in [5, 5.41) is 9.17. The van der Waals surface area contributed by atoms with Gasteiger partial charge in [0.25, 0.3) is 5.91 Å². The van der Waals surface area contributed by atoms with Crippen molar-refractivity contribution in [3.05, 3.63) is 46.9 Å². The van der Waals surface area contributed by atoms with E-state index in [-0.39, 0.29) is 35.0 Å². The molecule has 148 valence electrons. The summed E-state index contributed by atoms with van der Waals surface area (Å²) in [5.41, 5.74) is 21.7. The number of guanidine groups is 1. The molecular weight excluding hydrogens is 393 g/mol. The number of phenols is 1. The van der Waals surface area contributed by atoms with E-state index in [0.717, 1.165) is 19.3 Å². The van der Waals surface area contributed by atoms with Gasteiger partial charge < -0.3 is 28.0 Å². The number of carbonyl (C=O) groups is 1. The third kappa shape index (κ3) is 10.1. The molecule has 9 nitrogen and oxygen atoms in total. The number of nitrogen functional groups attached to an aromatic ring is 1. The normalized spacial score (nSPS) is 9.37.